The fourth-order valence-corrected chi connectivity index (χ4v) is 2.65. The van der Waals surface area contributed by atoms with Crippen LogP contribution in [0.4, 0.5) is 11.8 Å². The number of rotatable bonds is 3. The molecule has 6 heteroatoms. The van der Waals surface area contributed by atoms with E-state index in [-0.39, 0.29) is 0 Å². The van der Waals surface area contributed by atoms with E-state index in [0.717, 1.165) is 37.9 Å². The van der Waals surface area contributed by atoms with Gasteiger partial charge in [0, 0.05) is 65.6 Å². The molecule has 0 bridgehead atoms. The zero-order chi connectivity index (χ0) is 13.2. The quantitative estimate of drug-likeness (QED) is 0.802. The van der Waals surface area contributed by atoms with Gasteiger partial charge in [-0.1, -0.05) is 0 Å². The van der Waals surface area contributed by atoms with Crippen molar-refractivity contribution < 1.29 is 0 Å². The molecule has 3 rings (SSSR count). The Kier molecular flexibility index (Phi) is 3.52. The molecule has 2 saturated heterocycles. The van der Waals surface area contributed by atoms with Crippen LogP contribution in [0.3, 0.4) is 0 Å². The monoisotopic (exact) mass is 262 g/mol. The van der Waals surface area contributed by atoms with Gasteiger partial charge in [0.15, 0.2) is 0 Å². The fraction of sp³-hybridized carbons (Fsp3) is 0.692. The SMILES string of the molecule is CN(C)c1nccc(N2CC(N3CCNCC3)C2)n1. The van der Waals surface area contributed by atoms with Gasteiger partial charge in [0.2, 0.25) is 5.95 Å². The summed E-state index contributed by atoms with van der Waals surface area (Å²) < 4.78 is 0. The Bertz CT molecular complexity index is 423. The Hall–Kier alpha value is -1.40. The number of aromatic nitrogens is 2. The van der Waals surface area contributed by atoms with Crippen molar-refractivity contribution in [2.24, 2.45) is 0 Å². The van der Waals surface area contributed by atoms with Crippen molar-refractivity contribution in [2.75, 3.05) is 63.2 Å². The third-order valence-corrected chi connectivity index (χ3v) is 3.88. The molecule has 0 aliphatic carbocycles. The van der Waals surface area contributed by atoms with Crippen molar-refractivity contribution in [2.45, 2.75) is 6.04 Å². The highest BCUT2D eigenvalue weighted by Gasteiger charge is 2.33. The molecular formula is C13H22N6. The van der Waals surface area contributed by atoms with Gasteiger partial charge >= 0.3 is 0 Å². The van der Waals surface area contributed by atoms with Crippen LogP contribution in [0.1, 0.15) is 0 Å². The van der Waals surface area contributed by atoms with E-state index in [1.54, 1.807) is 0 Å². The maximum Gasteiger partial charge on any atom is 0.226 e. The van der Waals surface area contributed by atoms with Crippen LogP contribution in [0.15, 0.2) is 12.3 Å². The van der Waals surface area contributed by atoms with Crippen LogP contribution in [-0.4, -0.2) is 74.3 Å². The predicted octanol–water partition coefficient (Wildman–Crippen LogP) is -0.364. The van der Waals surface area contributed by atoms with E-state index >= 15 is 0 Å². The summed E-state index contributed by atoms with van der Waals surface area (Å²) in [5, 5.41) is 3.40. The first-order valence-electron chi connectivity index (χ1n) is 6.94. The maximum atomic E-state index is 4.58. The highest BCUT2D eigenvalue weighted by Crippen LogP contribution is 2.22. The molecule has 0 amide bonds. The smallest absolute Gasteiger partial charge is 0.226 e. The Morgan fingerprint density at radius 1 is 1.26 bits per heavy atom. The summed E-state index contributed by atoms with van der Waals surface area (Å²) in [5.41, 5.74) is 0. The first-order valence-corrected chi connectivity index (χ1v) is 6.94. The molecule has 0 atom stereocenters. The van der Waals surface area contributed by atoms with Gasteiger partial charge < -0.3 is 15.1 Å². The summed E-state index contributed by atoms with van der Waals surface area (Å²) in [6.45, 7) is 6.76. The summed E-state index contributed by atoms with van der Waals surface area (Å²) in [5.74, 6) is 1.83. The summed E-state index contributed by atoms with van der Waals surface area (Å²) in [4.78, 5) is 15.7. The second kappa shape index (κ2) is 5.30. The van der Waals surface area contributed by atoms with Crippen molar-refractivity contribution in [1.29, 1.82) is 0 Å². The molecular weight excluding hydrogens is 240 g/mol. The molecule has 1 aromatic heterocycles. The zero-order valence-electron chi connectivity index (χ0n) is 11.7. The third kappa shape index (κ3) is 2.64. The van der Waals surface area contributed by atoms with E-state index in [0.29, 0.717) is 6.04 Å². The van der Waals surface area contributed by atoms with E-state index in [4.69, 9.17) is 0 Å². The molecule has 19 heavy (non-hydrogen) atoms. The van der Waals surface area contributed by atoms with Crippen molar-refractivity contribution in [3.63, 3.8) is 0 Å². The molecule has 0 saturated carbocycles. The minimum atomic E-state index is 0.694. The number of piperazine rings is 1. The molecule has 2 aliphatic rings. The lowest BCUT2D eigenvalue weighted by molar-refractivity contribution is 0.147. The summed E-state index contributed by atoms with van der Waals surface area (Å²) in [7, 11) is 3.94. The van der Waals surface area contributed by atoms with Gasteiger partial charge in [-0.15, -0.1) is 0 Å². The van der Waals surface area contributed by atoms with Gasteiger partial charge in [-0.2, -0.15) is 4.98 Å². The maximum absolute atomic E-state index is 4.58. The summed E-state index contributed by atoms with van der Waals surface area (Å²) >= 11 is 0. The van der Waals surface area contributed by atoms with Crippen molar-refractivity contribution in [3.8, 4) is 0 Å². The summed E-state index contributed by atoms with van der Waals surface area (Å²) in [6.07, 6.45) is 1.84. The van der Waals surface area contributed by atoms with E-state index < -0.39 is 0 Å². The van der Waals surface area contributed by atoms with Gasteiger partial charge in [0.05, 0.1) is 0 Å². The van der Waals surface area contributed by atoms with E-state index in [9.17, 15) is 0 Å². The Labute approximate surface area is 114 Å². The topological polar surface area (TPSA) is 47.5 Å². The second-order valence-corrected chi connectivity index (χ2v) is 5.45. The molecule has 3 heterocycles. The molecule has 0 aromatic carbocycles. The van der Waals surface area contributed by atoms with Gasteiger partial charge in [0.1, 0.15) is 5.82 Å². The van der Waals surface area contributed by atoms with Crippen LogP contribution in [0.5, 0.6) is 0 Å². The summed E-state index contributed by atoms with van der Waals surface area (Å²) in [6, 6.07) is 2.70. The van der Waals surface area contributed by atoms with Crippen LogP contribution in [0, 0.1) is 0 Å². The molecule has 2 aliphatic heterocycles. The molecule has 0 spiro atoms. The molecule has 0 unspecified atom stereocenters. The number of nitrogens with zero attached hydrogens (tertiary/aromatic N) is 5. The lowest BCUT2D eigenvalue weighted by Gasteiger charge is -2.47. The number of nitrogens with one attached hydrogen (secondary N) is 1. The molecule has 1 aromatic rings. The minimum absolute atomic E-state index is 0.694. The number of hydrogen-bond donors (Lipinski definition) is 1. The lowest BCUT2D eigenvalue weighted by Crippen LogP contribution is -2.63. The average Bonchev–Trinajstić information content (AvgIpc) is 2.39. The highest BCUT2D eigenvalue weighted by atomic mass is 15.4. The fourth-order valence-electron chi connectivity index (χ4n) is 2.65. The molecule has 2 fully saturated rings. The van der Waals surface area contributed by atoms with Gasteiger partial charge in [-0.05, 0) is 6.07 Å². The van der Waals surface area contributed by atoms with Gasteiger partial charge in [0.25, 0.3) is 0 Å². The molecule has 104 valence electrons. The van der Waals surface area contributed by atoms with E-state index in [1.807, 2.05) is 31.3 Å². The minimum Gasteiger partial charge on any atom is -0.353 e. The third-order valence-electron chi connectivity index (χ3n) is 3.88. The lowest BCUT2D eigenvalue weighted by atomic mass is 10.1. The first kappa shape index (κ1) is 12.6. The van der Waals surface area contributed by atoms with Crippen molar-refractivity contribution >= 4 is 11.8 Å². The number of anilines is 2. The standard InChI is InChI=1S/C13H22N6/c1-17(2)13-15-4-3-12(16-13)19-9-11(10-19)18-7-5-14-6-8-18/h3-4,11,14H,5-10H2,1-2H3. The highest BCUT2D eigenvalue weighted by molar-refractivity contribution is 5.46. The van der Waals surface area contributed by atoms with Crippen molar-refractivity contribution in [1.82, 2.24) is 20.2 Å². The first-order chi connectivity index (χ1) is 9.24. The van der Waals surface area contributed by atoms with Gasteiger partial charge in [-0.3, -0.25) is 4.90 Å². The molecule has 0 radical (unpaired) electrons. The number of hydrogen-bond acceptors (Lipinski definition) is 6. The zero-order valence-corrected chi connectivity index (χ0v) is 11.7. The molecule has 6 nitrogen and oxygen atoms in total. The second-order valence-electron chi connectivity index (χ2n) is 5.45. The average molecular weight is 262 g/mol. The Morgan fingerprint density at radius 2 is 2.00 bits per heavy atom. The molecule has 1 N–H and O–H groups in total. The van der Waals surface area contributed by atoms with E-state index in [2.05, 4.69) is 25.1 Å². The van der Waals surface area contributed by atoms with Crippen LogP contribution in [0.2, 0.25) is 0 Å². The normalized spacial score (nSPS) is 21.3. The Balaban J connectivity index is 1.59. The van der Waals surface area contributed by atoms with Gasteiger partial charge in [-0.25, -0.2) is 4.98 Å². The Morgan fingerprint density at radius 3 is 2.68 bits per heavy atom. The van der Waals surface area contributed by atoms with Crippen LogP contribution < -0.4 is 15.1 Å². The van der Waals surface area contributed by atoms with Crippen molar-refractivity contribution in [3.05, 3.63) is 12.3 Å². The largest absolute Gasteiger partial charge is 0.353 e. The van der Waals surface area contributed by atoms with E-state index in [1.165, 1.54) is 13.1 Å². The van der Waals surface area contributed by atoms with Crippen LogP contribution >= 0.6 is 0 Å². The van der Waals surface area contributed by atoms with Crippen LogP contribution in [0.25, 0.3) is 0 Å². The van der Waals surface area contributed by atoms with Crippen LogP contribution in [-0.2, 0) is 0 Å². The predicted molar refractivity (Wildman–Crippen MR) is 76.8 cm³/mol.